The number of fused-ring (bicyclic) bond motifs is 1. The first-order valence-corrected chi connectivity index (χ1v) is 10.7. The molecule has 0 atom stereocenters. The molecular weight excluding hydrogens is 348 g/mol. The average Bonchev–Trinajstić information content (AvgIpc) is 3.01. The van der Waals surface area contributed by atoms with Crippen LogP contribution in [0.15, 0.2) is 72.8 Å². The fraction of sp³-hybridized carbons (Fsp3) is 0.241. The molecule has 0 heteroatoms. The molecule has 0 saturated heterocycles. The highest BCUT2D eigenvalue weighted by Gasteiger charge is 2.43. The van der Waals surface area contributed by atoms with Crippen LogP contribution in [0.25, 0.3) is 23.3 Å². The van der Waals surface area contributed by atoms with Crippen molar-refractivity contribution in [2.45, 2.75) is 40.5 Å². The minimum atomic E-state index is 0.0411. The highest BCUT2D eigenvalue weighted by atomic mass is 14.5. The summed E-state index contributed by atoms with van der Waals surface area (Å²) in [7, 11) is 0. The fourth-order valence-electron chi connectivity index (χ4n) is 4.72. The van der Waals surface area contributed by atoms with Gasteiger partial charge in [0.05, 0.1) is 0 Å². The standard InChI is InChI=1S/C29H30/c1-5-29(6-2)27(19-23-15-11-21(3)12-16-23)25-9-7-8-10-26(25)28(29)20-24-17-13-22(4)14-18-24/h7-20H,5-6H2,1-4H3/b27-19+,28-20+. The fourth-order valence-corrected chi connectivity index (χ4v) is 4.72. The average molecular weight is 379 g/mol. The third-order valence-corrected chi connectivity index (χ3v) is 6.52. The molecule has 0 aromatic heterocycles. The van der Waals surface area contributed by atoms with E-state index in [9.17, 15) is 0 Å². The Morgan fingerprint density at radius 2 is 0.966 bits per heavy atom. The van der Waals surface area contributed by atoms with Gasteiger partial charge < -0.3 is 0 Å². The summed E-state index contributed by atoms with van der Waals surface area (Å²) < 4.78 is 0. The van der Waals surface area contributed by atoms with E-state index in [1.165, 1.54) is 44.5 Å². The van der Waals surface area contributed by atoms with Crippen molar-refractivity contribution < 1.29 is 0 Å². The van der Waals surface area contributed by atoms with Gasteiger partial charge >= 0.3 is 0 Å². The van der Waals surface area contributed by atoms with Crippen molar-refractivity contribution >= 4 is 23.3 Å². The first kappa shape index (κ1) is 19.5. The minimum absolute atomic E-state index is 0.0411. The van der Waals surface area contributed by atoms with Crippen LogP contribution in [0.5, 0.6) is 0 Å². The molecule has 0 nitrogen and oxygen atoms in total. The Bertz CT molecular complexity index is 971. The lowest BCUT2D eigenvalue weighted by Gasteiger charge is -2.31. The van der Waals surface area contributed by atoms with Crippen molar-refractivity contribution in [1.29, 1.82) is 0 Å². The maximum atomic E-state index is 2.42. The van der Waals surface area contributed by atoms with Crippen LogP contribution in [0.1, 0.15) is 60.1 Å². The van der Waals surface area contributed by atoms with Crippen LogP contribution in [0.2, 0.25) is 0 Å². The predicted octanol–water partition coefficient (Wildman–Crippen LogP) is 8.20. The smallest absolute Gasteiger partial charge is 0.0210 e. The topological polar surface area (TPSA) is 0 Å². The molecule has 29 heavy (non-hydrogen) atoms. The van der Waals surface area contributed by atoms with Gasteiger partial charge in [0.1, 0.15) is 0 Å². The Kier molecular flexibility index (Phi) is 5.28. The van der Waals surface area contributed by atoms with E-state index < -0.39 is 0 Å². The second kappa shape index (κ2) is 7.87. The van der Waals surface area contributed by atoms with Crippen molar-refractivity contribution in [2.24, 2.45) is 5.41 Å². The zero-order valence-electron chi connectivity index (χ0n) is 18.0. The van der Waals surface area contributed by atoms with E-state index in [1.807, 2.05) is 0 Å². The summed E-state index contributed by atoms with van der Waals surface area (Å²) in [6.45, 7) is 8.96. The largest absolute Gasteiger partial charge is 0.0642 e. The zero-order chi connectivity index (χ0) is 20.4. The molecule has 0 aliphatic heterocycles. The van der Waals surface area contributed by atoms with E-state index >= 15 is 0 Å². The molecular formula is C29H30. The number of allylic oxidation sites excluding steroid dienone is 2. The molecule has 0 heterocycles. The number of rotatable bonds is 4. The van der Waals surface area contributed by atoms with E-state index in [1.54, 1.807) is 0 Å². The van der Waals surface area contributed by atoms with E-state index in [0.29, 0.717) is 0 Å². The first-order valence-electron chi connectivity index (χ1n) is 10.7. The molecule has 3 aromatic rings. The third kappa shape index (κ3) is 3.49. The van der Waals surface area contributed by atoms with Gasteiger partial charge in [-0.1, -0.05) is 110 Å². The summed E-state index contributed by atoms with van der Waals surface area (Å²) in [5, 5.41) is 0. The molecule has 0 fully saturated rings. The summed E-state index contributed by atoms with van der Waals surface area (Å²) in [4.78, 5) is 0. The van der Waals surface area contributed by atoms with Gasteiger partial charge in [0.25, 0.3) is 0 Å². The summed E-state index contributed by atoms with van der Waals surface area (Å²) in [6.07, 6.45) is 7.02. The minimum Gasteiger partial charge on any atom is -0.0642 e. The molecule has 0 unspecified atom stereocenters. The number of benzene rings is 3. The monoisotopic (exact) mass is 378 g/mol. The molecule has 4 rings (SSSR count). The van der Waals surface area contributed by atoms with Gasteiger partial charge in [-0.15, -0.1) is 0 Å². The summed E-state index contributed by atoms with van der Waals surface area (Å²) in [5.74, 6) is 0. The quantitative estimate of drug-likeness (QED) is 0.429. The Labute approximate surface area is 175 Å². The molecule has 146 valence electrons. The predicted molar refractivity (Wildman–Crippen MR) is 128 cm³/mol. The van der Waals surface area contributed by atoms with Crippen LogP contribution in [-0.2, 0) is 0 Å². The SMILES string of the molecule is CCC1(CC)/C(=C/c2ccc(C)cc2)c2ccccc2/C1=C\c1ccc(C)cc1. The zero-order valence-corrected chi connectivity index (χ0v) is 18.0. The second-order valence-corrected chi connectivity index (χ2v) is 8.27. The molecule has 0 bridgehead atoms. The summed E-state index contributed by atoms with van der Waals surface area (Å²) in [5.41, 5.74) is 10.9. The van der Waals surface area contributed by atoms with Crippen molar-refractivity contribution in [2.75, 3.05) is 0 Å². The maximum Gasteiger partial charge on any atom is 0.0210 e. The third-order valence-electron chi connectivity index (χ3n) is 6.52. The molecule has 1 aliphatic carbocycles. The van der Waals surface area contributed by atoms with Gasteiger partial charge in [-0.2, -0.15) is 0 Å². The van der Waals surface area contributed by atoms with Gasteiger partial charge in [0, 0.05) is 5.41 Å². The molecule has 1 aliphatic rings. The Morgan fingerprint density at radius 1 is 0.586 bits per heavy atom. The normalized spacial score (nSPS) is 17.7. The van der Waals surface area contributed by atoms with Crippen LogP contribution in [-0.4, -0.2) is 0 Å². The van der Waals surface area contributed by atoms with Crippen molar-refractivity contribution in [1.82, 2.24) is 0 Å². The molecule has 0 N–H and O–H groups in total. The number of hydrogen-bond donors (Lipinski definition) is 0. The second-order valence-electron chi connectivity index (χ2n) is 8.27. The molecule has 0 radical (unpaired) electrons. The molecule has 3 aromatic carbocycles. The van der Waals surface area contributed by atoms with Crippen LogP contribution in [0, 0.1) is 19.3 Å². The lowest BCUT2D eigenvalue weighted by Crippen LogP contribution is -2.17. The van der Waals surface area contributed by atoms with Crippen molar-refractivity contribution in [3.8, 4) is 0 Å². The highest BCUT2D eigenvalue weighted by Crippen LogP contribution is 2.59. The number of aryl methyl sites for hydroxylation is 2. The number of hydrogen-bond acceptors (Lipinski definition) is 0. The van der Waals surface area contributed by atoms with Crippen LogP contribution >= 0.6 is 0 Å². The lowest BCUT2D eigenvalue weighted by molar-refractivity contribution is 0.506. The molecule has 0 saturated carbocycles. The first-order chi connectivity index (χ1) is 14.1. The van der Waals surface area contributed by atoms with Crippen molar-refractivity contribution in [3.63, 3.8) is 0 Å². The van der Waals surface area contributed by atoms with Gasteiger partial charge in [0.15, 0.2) is 0 Å². The van der Waals surface area contributed by atoms with Crippen molar-refractivity contribution in [3.05, 3.63) is 106 Å². The maximum absolute atomic E-state index is 2.42. The van der Waals surface area contributed by atoms with E-state index in [-0.39, 0.29) is 5.41 Å². The lowest BCUT2D eigenvalue weighted by atomic mass is 9.72. The van der Waals surface area contributed by atoms with Gasteiger partial charge in [-0.05, 0) is 60.1 Å². The van der Waals surface area contributed by atoms with E-state index in [0.717, 1.165) is 12.8 Å². The molecule has 0 spiro atoms. The van der Waals surface area contributed by atoms with Crippen LogP contribution in [0.3, 0.4) is 0 Å². The van der Waals surface area contributed by atoms with E-state index in [2.05, 4.69) is 113 Å². The van der Waals surface area contributed by atoms with E-state index in [4.69, 9.17) is 0 Å². The van der Waals surface area contributed by atoms with Crippen LogP contribution < -0.4 is 0 Å². The summed E-state index contributed by atoms with van der Waals surface area (Å²) in [6, 6.07) is 26.7. The van der Waals surface area contributed by atoms with Crippen LogP contribution in [0.4, 0.5) is 0 Å². The Hall–Kier alpha value is -2.86. The van der Waals surface area contributed by atoms with Gasteiger partial charge in [0.2, 0.25) is 0 Å². The highest BCUT2D eigenvalue weighted by molar-refractivity contribution is 6.07. The Morgan fingerprint density at radius 3 is 1.31 bits per heavy atom. The van der Waals surface area contributed by atoms with Gasteiger partial charge in [-0.3, -0.25) is 0 Å². The molecule has 0 amide bonds. The summed E-state index contributed by atoms with van der Waals surface area (Å²) >= 11 is 0. The Balaban J connectivity index is 1.94. The van der Waals surface area contributed by atoms with Gasteiger partial charge in [-0.25, -0.2) is 0 Å².